The monoisotopic (exact) mass is 254 g/mol. The van der Waals surface area contributed by atoms with Gasteiger partial charge in [-0.05, 0) is 13.3 Å². The SMILES string of the molecule is CCCOc1cncc(NCCNCC(C)O)n1. The van der Waals surface area contributed by atoms with Crippen LogP contribution in [-0.2, 0) is 0 Å². The van der Waals surface area contributed by atoms with Crippen LogP contribution in [0, 0.1) is 0 Å². The standard InChI is InChI=1S/C12H22N4O2/c1-3-6-18-12-9-14-8-11(16-12)15-5-4-13-7-10(2)17/h8-10,13,17H,3-7H2,1-2H3,(H,15,16). The van der Waals surface area contributed by atoms with E-state index in [4.69, 9.17) is 9.84 Å². The first-order chi connectivity index (χ1) is 8.72. The second-order valence-corrected chi connectivity index (χ2v) is 4.07. The van der Waals surface area contributed by atoms with E-state index in [9.17, 15) is 0 Å². The van der Waals surface area contributed by atoms with Crippen molar-refractivity contribution in [3.63, 3.8) is 0 Å². The van der Waals surface area contributed by atoms with E-state index in [1.807, 2.05) is 6.92 Å². The minimum absolute atomic E-state index is 0.324. The molecule has 1 heterocycles. The van der Waals surface area contributed by atoms with Crippen LogP contribution >= 0.6 is 0 Å². The summed E-state index contributed by atoms with van der Waals surface area (Å²) < 4.78 is 5.39. The van der Waals surface area contributed by atoms with Crippen LogP contribution in [0.4, 0.5) is 5.82 Å². The van der Waals surface area contributed by atoms with Crippen molar-refractivity contribution in [1.29, 1.82) is 0 Å². The summed E-state index contributed by atoms with van der Waals surface area (Å²) in [6.07, 6.45) is 3.89. The third kappa shape index (κ3) is 6.36. The lowest BCUT2D eigenvalue weighted by atomic mass is 10.4. The fourth-order valence-electron chi connectivity index (χ4n) is 1.30. The maximum Gasteiger partial charge on any atom is 0.234 e. The van der Waals surface area contributed by atoms with Crippen LogP contribution < -0.4 is 15.4 Å². The molecule has 6 heteroatoms. The third-order valence-electron chi connectivity index (χ3n) is 2.11. The Labute approximate surface area is 108 Å². The minimum Gasteiger partial charge on any atom is -0.477 e. The number of aliphatic hydroxyl groups excluding tert-OH is 1. The van der Waals surface area contributed by atoms with Crippen molar-refractivity contribution in [2.45, 2.75) is 26.4 Å². The molecule has 0 aromatic carbocycles. The molecule has 0 saturated heterocycles. The van der Waals surface area contributed by atoms with Crippen molar-refractivity contribution in [3.05, 3.63) is 12.4 Å². The van der Waals surface area contributed by atoms with E-state index >= 15 is 0 Å². The van der Waals surface area contributed by atoms with Crippen molar-refractivity contribution in [2.75, 3.05) is 31.6 Å². The molecule has 0 fully saturated rings. The van der Waals surface area contributed by atoms with Crippen LogP contribution in [0.2, 0.25) is 0 Å². The average Bonchev–Trinajstić information content (AvgIpc) is 2.36. The molecule has 1 unspecified atom stereocenters. The van der Waals surface area contributed by atoms with Crippen LogP contribution in [-0.4, -0.2) is 47.4 Å². The number of ether oxygens (including phenoxy) is 1. The van der Waals surface area contributed by atoms with Crippen LogP contribution in [0.25, 0.3) is 0 Å². The summed E-state index contributed by atoms with van der Waals surface area (Å²) in [7, 11) is 0. The van der Waals surface area contributed by atoms with E-state index < -0.39 is 0 Å². The number of hydrogen-bond acceptors (Lipinski definition) is 6. The Bertz CT molecular complexity index is 334. The predicted octanol–water partition coefficient (Wildman–Crippen LogP) is 0.648. The molecule has 3 N–H and O–H groups in total. The summed E-state index contributed by atoms with van der Waals surface area (Å²) in [5.41, 5.74) is 0. The Morgan fingerprint density at radius 2 is 2.22 bits per heavy atom. The molecule has 0 aliphatic rings. The highest BCUT2D eigenvalue weighted by molar-refractivity contribution is 5.33. The van der Waals surface area contributed by atoms with Gasteiger partial charge in [-0.25, -0.2) is 0 Å². The first kappa shape index (κ1) is 14.7. The van der Waals surface area contributed by atoms with E-state index in [0.29, 0.717) is 24.8 Å². The molecule has 0 saturated carbocycles. The van der Waals surface area contributed by atoms with Gasteiger partial charge in [-0.3, -0.25) is 4.98 Å². The van der Waals surface area contributed by atoms with Gasteiger partial charge < -0.3 is 20.5 Å². The molecular weight excluding hydrogens is 232 g/mol. The van der Waals surface area contributed by atoms with Crippen molar-refractivity contribution >= 4 is 5.82 Å². The van der Waals surface area contributed by atoms with Crippen LogP contribution in [0.15, 0.2) is 12.4 Å². The first-order valence-corrected chi connectivity index (χ1v) is 6.30. The number of rotatable bonds is 9. The Morgan fingerprint density at radius 1 is 1.39 bits per heavy atom. The smallest absolute Gasteiger partial charge is 0.234 e. The number of nitrogens with one attached hydrogen (secondary N) is 2. The van der Waals surface area contributed by atoms with Crippen LogP contribution in [0.1, 0.15) is 20.3 Å². The van der Waals surface area contributed by atoms with Crippen molar-refractivity contribution in [2.24, 2.45) is 0 Å². The van der Waals surface area contributed by atoms with Gasteiger partial charge in [0, 0.05) is 19.6 Å². The summed E-state index contributed by atoms with van der Waals surface area (Å²) >= 11 is 0. The highest BCUT2D eigenvalue weighted by Gasteiger charge is 1.99. The van der Waals surface area contributed by atoms with Gasteiger partial charge in [0.1, 0.15) is 5.82 Å². The molecule has 6 nitrogen and oxygen atoms in total. The molecular formula is C12H22N4O2. The van der Waals surface area contributed by atoms with Gasteiger partial charge >= 0.3 is 0 Å². The first-order valence-electron chi connectivity index (χ1n) is 6.30. The highest BCUT2D eigenvalue weighted by Crippen LogP contribution is 2.08. The Morgan fingerprint density at radius 3 is 2.94 bits per heavy atom. The van der Waals surface area contributed by atoms with E-state index in [2.05, 4.69) is 20.6 Å². The molecule has 1 aromatic rings. The zero-order valence-electron chi connectivity index (χ0n) is 11.0. The van der Waals surface area contributed by atoms with Crippen LogP contribution in [0.5, 0.6) is 5.88 Å². The number of hydrogen-bond donors (Lipinski definition) is 3. The molecule has 0 spiro atoms. The maximum atomic E-state index is 9.07. The summed E-state index contributed by atoms with van der Waals surface area (Å²) in [6.45, 7) is 6.51. The lowest BCUT2D eigenvalue weighted by molar-refractivity contribution is 0.192. The summed E-state index contributed by atoms with van der Waals surface area (Å²) in [5.74, 6) is 1.24. The van der Waals surface area contributed by atoms with Crippen molar-refractivity contribution in [3.8, 4) is 5.88 Å². The Kier molecular flexibility index (Phi) is 7.05. The van der Waals surface area contributed by atoms with Gasteiger partial charge in [0.25, 0.3) is 0 Å². The van der Waals surface area contributed by atoms with Gasteiger partial charge in [-0.15, -0.1) is 0 Å². The van der Waals surface area contributed by atoms with Crippen LogP contribution in [0.3, 0.4) is 0 Å². The number of anilines is 1. The average molecular weight is 254 g/mol. The van der Waals surface area contributed by atoms with Gasteiger partial charge in [0.2, 0.25) is 5.88 Å². The van der Waals surface area contributed by atoms with E-state index in [0.717, 1.165) is 19.5 Å². The Balaban J connectivity index is 2.24. The van der Waals surface area contributed by atoms with Gasteiger partial charge in [0.05, 0.1) is 25.1 Å². The van der Waals surface area contributed by atoms with Gasteiger partial charge in [-0.2, -0.15) is 4.98 Å². The molecule has 1 atom stereocenters. The third-order valence-corrected chi connectivity index (χ3v) is 2.11. The summed E-state index contributed by atoms with van der Waals surface area (Å²) in [6, 6.07) is 0. The molecule has 18 heavy (non-hydrogen) atoms. The number of aliphatic hydroxyl groups is 1. The Hall–Kier alpha value is -1.40. The summed E-state index contributed by atoms with van der Waals surface area (Å²) in [5, 5.41) is 15.3. The zero-order valence-corrected chi connectivity index (χ0v) is 11.0. The molecule has 102 valence electrons. The molecule has 0 aliphatic carbocycles. The minimum atomic E-state index is -0.324. The maximum absolute atomic E-state index is 9.07. The molecule has 0 radical (unpaired) electrons. The fourth-order valence-corrected chi connectivity index (χ4v) is 1.30. The van der Waals surface area contributed by atoms with E-state index in [1.165, 1.54) is 0 Å². The summed E-state index contributed by atoms with van der Waals surface area (Å²) in [4.78, 5) is 8.32. The topological polar surface area (TPSA) is 79.3 Å². The lowest BCUT2D eigenvalue weighted by Crippen LogP contribution is -2.29. The van der Waals surface area contributed by atoms with Crippen molar-refractivity contribution in [1.82, 2.24) is 15.3 Å². The van der Waals surface area contributed by atoms with E-state index in [1.54, 1.807) is 19.3 Å². The lowest BCUT2D eigenvalue weighted by Gasteiger charge is -2.09. The number of nitrogens with zero attached hydrogens (tertiary/aromatic N) is 2. The normalized spacial score (nSPS) is 12.2. The quantitative estimate of drug-likeness (QED) is 0.561. The second-order valence-electron chi connectivity index (χ2n) is 4.07. The molecule has 1 rings (SSSR count). The molecule has 0 amide bonds. The molecule has 0 bridgehead atoms. The van der Waals surface area contributed by atoms with E-state index in [-0.39, 0.29) is 6.10 Å². The van der Waals surface area contributed by atoms with Gasteiger partial charge in [0.15, 0.2) is 0 Å². The van der Waals surface area contributed by atoms with Crippen molar-refractivity contribution < 1.29 is 9.84 Å². The number of aromatic nitrogens is 2. The second kappa shape index (κ2) is 8.66. The largest absolute Gasteiger partial charge is 0.477 e. The predicted molar refractivity (Wildman–Crippen MR) is 70.9 cm³/mol. The fraction of sp³-hybridized carbons (Fsp3) is 0.667. The molecule has 1 aromatic heterocycles. The highest BCUT2D eigenvalue weighted by atomic mass is 16.5. The molecule has 0 aliphatic heterocycles. The van der Waals surface area contributed by atoms with Gasteiger partial charge in [-0.1, -0.05) is 6.92 Å². The zero-order chi connectivity index (χ0) is 13.2.